The van der Waals surface area contributed by atoms with E-state index in [0.29, 0.717) is 6.07 Å². The predicted molar refractivity (Wildman–Crippen MR) is 70.9 cm³/mol. The highest BCUT2D eigenvalue weighted by Crippen LogP contribution is 2.39. The molecular formula is C11H4ClF4N3O5. The number of phenols is 1. The number of rotatable bonds is 2. The zero-order valence-corrected chi connectivity index (χ0v) is 11.8. The molecule has 1 aromatic heterocycles. The van der Waals surface area contributed by atoms with Crippen LogP contribution in [0, 0.1) is 15.9 Å². The Labute approximate surface area is 132 Å². The Morgan fingerprint density at radius 2 is 1.88 bits per heavy atom. The molecule has 128 valence electrons. The van der Waals surface area contributed by atoms with E-state index in [0.717, 1.165) is 0 Å². The van der Waals surface area contributed by atoms with Crippen molar-refractivity contribution in [2.45, 2.75) is 6.18 Å². The molecule has 0 amide bonds. The van der Waals surface area contributed by atoms with Gasteiger partial charge in [0.2, 0.25) is 5.75 Å². The third-order valence-electron chi connectivity index (χ3n) is 2.80. The van der Waals surface area contributed by atoms with Gasteiger partial charge in [-0.15, -0.1) is 0 Å². The lowest BCUT2D eigenvalue weighted by Gasteiger charge is -2.11. The number of benzene rings is 1. The summed E-state index contributed by atoms with van der Waals surface area (Å²) in [5.74, 6) is -2.83. The monoisotopic (exact) mass is 369 g/mol. The Balaban J connectivity index is 2.94. The number of halogens is 5. The molecule has 2 rings (SSSR count). The minimum absolute atomic E-state index is 0.0871. The van der Waals surface area contributed by atoms with Crippen molar-refractivity contribution in [2.24, 2.45) is 0 Å². The van der Waals surface area contributed by atoms with Crippen molar-refractivity contribution in [1.82, 2.24) is 9.55 Å². The van der Waals surface area contributed by atoms with Crippen LogP contribution in [-0.2, 0) is 6.18 Å². The first kappa shape index (κ1) is 17.5. The fraction of sp³-hybridized carbons (Fsp3) is 0.0909. The van der Waals surface area contributed by atoms with Gasteiger partial charge < -0.3 is 10.1 Å². The summed E-state index contributed by atoms with van der Waals surface area (Å²) in [5.41, 5.74) is -8.02. The van der Waals surface area contributed by atoms with Gasteiger partial charge in [-0.25, -0.2) is 13.8 Å². The first-order chi connectivity index (χ1) is 10.9. The van der Waals surface area contributed by atoms with Gasteiger partial charge in [-0.1, -0.05) is 11.6 Å². The van der Waals surface area contributed by atoms with E-state index in [1.54, 1.807) is 0 Å². The molecule has 0 saturated carbocycles. The van der Waals surface area contributed by atoms with Gasteiger partial charge in [0.1, 0.15) is 5.69 Å². The average Bonchev–Trinajstić information content (AvgIpc) is 2.42. The van der Waals surface area contributed by atoms with Crippen molar-refractivity contribution in [3.63, 3.8) is 0 Å². The van der Waals surface area contributed by atoms with Gasteiger partial charge in [0.25, 0.3) is 5.56 Å². The number of nitro benzene ring substituents is 1. The van der Waals surface area contributed by atoms with Crippen LogP contribution in [0.25, 0.3) is 5.69 Å². The molecule has 0 radical (unpaired) electrons. The smallest absolute Gasteiger partial charge is 0.431 e. The molecule has 1 aromatic carbocycles. The van der Waals surface area contributed by atoms with Crippen LogP contribution in [-0.4, -0.2) is 19.6 Å². The number of H-pyrrole nitrogens is 1. The Bertz CT molecular complexity index is 935. The van der Waals surface area contributed by atoms with Crippen LogP contribution in [0.1, 0.15) is 5.69 Å². The van der Waals surface area contributed by atoms with Crippen LogP contribution in [0.5, 0.6) is 5.75 Å². The van der Waals surface area contributed by atoms with Crippen molar-refractivity contribution < 1.29 is 27.6 Å². The third kappa shape index (κ3) is 2.82. The van der Waals surface area contributed by atoms with Crippen LogP contribution < -0.4 is 11.2 Å². The van der Waals surface area contributed by atoms with E-state index in [9.17, 15) is 42.4 Å². The number of nitrogens with one attached hydrogen (secondary N) is 1. The van der Waals surface area contributed by atoms with E-state index >= 15 is 0 Å². The Kier molecular flexibility index (Phi) is 4.10. The standard InChI is InChI=1S/C11H4ClF4N3O5/c12-3-1-4(13)7(8(9(3)21)19(23)24)18-6(20)2-5(11(14,15)16)17-10(18)22/h1-2,21H,(H,17,22). The molecule has 0 bridgehead atoms. The van der Waals surface area contributed by atoms with E-state index in [4.69, 9.17) is 11.6 Å². The van der Waals surface area contributed by atoms with E-state index in [2.05, 4.69) is 0 Å². The lowest BCUT2D eigenvalue weighted by atomic mass is 10.2. The molecule has 0 fully saturated rings. The van der Waals surface area contributed by atoms with Gasteiger partial charge in [-0.05, 0) is 6.07 Å². The first-order valence-electron chi connectivity index (χ1n) is 5.74. The summed E-state index contributed by atoms with van der Waals surface area (Å²) in [6, 6.07) is 0.277. The summed E-state index contributed by atoms with van der Waals surface area (Å²) in [5, 5.41) is 19.7. The number of hydrogen-bond donors (Lipinski definition) is 2. The highest BCUT2D eigenvalue weighted by molar-refractivity contribution is 6.32. The van der Waals surface area contributed by atoms with Gasteiger partial charge in [-0.2, -0.15) is 13.2 Å². The van der Waals surface area contributed by atoms with Crippen molar-refractivity contribution in [3.05, 3.63) is 59.6 Å². The quantitative estimate of drug-likeness (QED) is 0.476. The molecule has 0 saturated heterocycles. The van der Waals surface area contributed by atoms with Crippen molar-refractivity contribution in [3.8, 4) is 11.4 Å². The number of nitrogens with zero attached hydrogens (tertiary/aromatic N) is 2. The molecule has 13 heteroatoms. The van der Waals surface area contributed by atoms with E-state index in [1.807, 2.05) is 0 Å². The molecule has 0 atom stereocenters. The molecule has 2 aromatic rings. The topological polar surface area (TPSA) is 118 Å². The Morgan fingerprint density at radius 3 is 2.33 bits per heavy atom. The molecule has 8 nitrogen and oxygen atoms in total. The highest BCUT2D eigenvalue weighted by Gasteiger charge is 2.35. The Morgan fingerprint density at radius 1 is 1.29 bits per heavy atom. The summed E-state index contributed by atoms with van der Waals surface area (Å²) >= 11 is 5.37. The lowest BCUT2D eigenvalue weighted by molar-refractivity contribution is -0.385. The maximum atomic E-state index is 14.0. The zero-order chi connectivity index (χ0) is 18.4. The minimum Gasteiger partial charge on any atom is -0.501 e. The summed E-state index contributed by atoms with van der Waals surface area (Å²) in [6.45, 7) is 0. The first-order valence-corrected chi connectivity index (χ1v) is 6.12. The Hall–Kier alpha value is -2.89. The third-order valence-corrected chi connectivity index (χ3v) is 3.09. The van der Waals surface area contributed by atoms with Gasteiger partial charge in [0.05, 0.1) is 9.95 Å². The highest BCUT2D eigenvalue weighted by atomic mass is 35.5. The van der Waals surface area contributed by atoms with E-state index in [1.165, 1.54) is 4.98 Å². The lowest BCUT2D eigenvalue weighted by Crippen LogP contribution is -2.36. The molecule has 0 aliphatic carbocycles. The summed E-state index contributed by atoms with van der Waals surface area (Å²) in [7, 11) is 0. The number of aromatic amines is 1. The maximum absolute atomic E-state index is 14.0. The second kappa shape index (κ2) is 5.63. The van der Waals surface area contributed by atoms with Crippen molar-refractivity contribution in [2.75, 3.05) is 0 Å². The van der Waals surface area contributed by atoms with E-state index < -0.39 is 56.0 Å². The van der Waals surface area contributed by atoms with Gasteiger partial charge in [0, 0.05) is 6.07 Å². The van der Waals surface area contributed by atoms with Gasteiger partial charge in [0.15, 0.2) is 11.5 Å². The molecular weight excluding hydrogens is 366 g/mol. The number of hydrogen-bond acceptors (Lipinski definition) is 5. The number of aromatic hydroxyl groups is 1. The summed E-state index contributed by atoms with van der Waals surface area (Å²) in [6.07, 6.45) is -5.08. The predicted octanol–water partition coefficient (Wildman–Crippen LogP) is 1.95. The number of nitro groups is 1. The second-order valence-corrected chi connectivity index (χ2v) is 4.71. The molecule has 0 aliphatic rings. The average molecular weight is 370 g/mol. The molecule has 0 aliphatic heterocycles. The van der Waals surface area contributed by atoms with Gasteiger partial charge >= 0.3 is 17.6 Å². The maximum Gasteiger partial charge on any atom is 0.431 e. The normalized spacial score (nSPS) is 11.5. The van der Waals surface area contributed by atoms with Crippen LogP contribution in [0.2, 0.25) is 5.02 Å². The summed E-state index contributed by atoms with van der Waals surface area (Å²) < 4.78 is 51.3. The molecule has 0 spiro atoms. The van der Waals surface area contributed by atoms with Crippen LogP contribution in [0.15, 0.2) is 21.7 Å². The minimum atomic E-state index is -5.08. The fourth-order valence-electron chi connectivity index (χ4n) is 1.83. The molecule has 24 heavy (non-hydrogen) atoms. The number of alkyl halides is 3. The van der Waals surface area contributed by atoms with Crippen LogP contribution in [0.4, 0.5) is 23.2 Å². The largest absolute Gasteiger partial charge is 0.501 e. The molecule has 0 unspecified atom stereocenters. The second-order valence-electron chi connectivity index (χ2n) is 4.30. The molecule has 1 heterocycles. The number of phenolic OH excluding ortho intramolecular Hbond substituents is 1. The SMILES string of the molecule is O=c1cc(C(F)(F)F)[nH]c(=O)n1-c1c(F)cc(Cl)c(O)c1[N+](=O)[O-]. The van der Waals surface area contributed by atoms with Crippen molar-refractivity contribution >= 4 is 17.3 Å². The summed E-state index contributed by atoms with van der Waals surface area (Å²) in [4.78, 5) is 34.4. The van der Waals surface area contributed by atoms with Gasteiger partial charge in [-0.3, -0.25) is 14.9 Å². The van der Waals surface area contributed by atoms with Crippen LogP contribution >= 0.6 is 11.6 Å². The fourth-order valence-corrected chi connectivity index (χ4v) is 2.02. The number of aromatic nitrogens is 2. The van der Waals surface area contributed by atoms with Crippen LogP contribution in [0.3, 0.4) is 0 Å². The molecule has 2 N–H and O–H groups in total. The van der Waals surface area contributed by atoms with E-state index in [-0.39, 0.29) is 10.6 Å². The van der Waals surface area contributed by atoms with Crippen molar-refractivity contribution in [1.29, 1.82) is 0 Å². The zero-order valence-electron chi connectivity index (χ0n) is 11.0.